The normalized spacial score (nSPS) is 12.5. The second kappa shape index (κ2) is 6.29. The molecular weight excluding hydrogens is 278 g/mol. The van der Waals surface area contributed by atoms with Gasteiger partial charge in [0.05, 0.1) is 11.6 Å². The van der Waals surface area contributed by atoms with Crippen molar-refractivity contribution in [3.8, 4) is 0 Å². The maximum atomic E-state index is 10.4. The smallest absolute Gasteiger partial charge is 0.0884 e. The van der Waals surface area contributed by atoms with Crippen molar-refractivity contribution in [1.82, 2.24) is 4.98 Å². The number of nitrogens with zero attached hydrogens (tertiary/aromatic N) is 1. The number of fused-ring (bicyclic) bond motifs is 1. The average molecular weight is 295 g/mol. The summed E-state index contributed by atoms with van der Waals surface area (Å²) in [5, 5.41) is 11.5. The second-order valence-electron chi connectivity index (χ2n) is 5.10. The Hall–Kier alpha value is -1.84. The van der Waals surface area contributed by atoms with Gasteiger partial charge in [-0.05, 0) is 36.8 Å². The van der Waals surface area contributed by atoms with Gasteiger partial charge in [0, 0.05) is 22.2 Å². The van der Waals surface area contributed by atoms with Crippen LogP contribution in [-0.4, -0.2) is 15.8 Å². The maximum absolute atomic E-state index is 10.4. The van der Waals surface area contributed by atoms with Gasteiger partial charge >= 0.3 is 0 Å². The summed E-state index contributed by atoms with van der Waals surface area (Å²) in [5.74, 6) is 0.641. The number of aliphatic hydroxyl groups excluding tert-OH is 1. The van der Waals surface area contributed by atoms with E-state index < -0.39 is 6.10 Å². The third-order valence-corrected chi connectivity index (χ3v) is 4.48. The number of hydrogen-bond donors (Lipinski definition) is 1. The Kier molecular flexibility index (Phi) is 4.23. The zero-order valence-electron chi connectivity index (χ0n) is 11.9. The van der Waals surface area contributed by atoms with Crippen LogP contribution in [0, 0.1) is 6.92 Å². The molecule has 0 spiro atoms. The van der Waals surface area contributed by atoms with Crippen molar-refractivity contribution in [2.45, 2.75) is 17.9 Å². The first-order chi connectivity index (χ1) is 10.2. The second-order valence-corrected chi connectivity index (χ2v) is 6.19. The van der Waals surface area contributed by atoms with Crippen molar-refractivity contribution >= 4 is 22.7 Å². The van der Waals surface area contributed by atoms with Gasteiger partial charge in [-0.1, -0.05) is 35.9 Å². The minimum absolute atomic E-state index is 0.484. The van der Waals surface area contributed by atoms with Crippen molar-refractivity contribution in [2.24, 2.45) is 0 Å². The third-order valence-electron chi connectivity index (χ3n) is 3.41. The summed E-state index contributed by atoms with van der Waals surface area (Å²) >= 11 is 1.67. The summed E-state index contributed by atoms with van der Waals surface area (Å²) in [6.45, 7) is 2.08. The van der Waals surface area contributed by atoms with E-state index in [0.717, 1.165) is 16.5 Å². The molecule has 21 heavy (non-hydrogen) atoms. The molecule has 3 aromatic rings. The lowest BCUT2D eigenvalue weighted by Gasteiger charge is -2.11. The molecule has 0 amide bonds. The third kappa shape index (κ3) is 3.43. The summed E-state index contributed by atoms with van der Waals surface area (Å²) in [7, 11) is 0. The Morgan fingerprint density at radius 1 is 1.10 bits per heavy atom. The fourth-order valence-electron chi connectivity index (χ4n) is 2.27. The predicted molar refractivity (Wildman–Crippen MR) is 88.6 cm³/mol. The van der Waals surface area contributed by atoms with Crippen LogP contribution in [0.15, 0.2) is 65.7 Å². The molecule has 1 heterocycles. The Morgan fingerprint density at radius 3 is 2.86 bits per heavy atom. The molecule has 0 saturated heterocycles. The van der Waals surface area contributed by atoms with Gasteiger partial charge in [-0.2, -0.15) is 0 Å². The minimum Gasteiger partial charge on any atom is -0.388 e. The first kappa shape index (κ1) is 14.1. The molecule has 1 atom stereocenters. The van der Waals surface area contributed by atoms with Crippen LogP contribution in [0.2, 0.25) is 0 Å². The Labute approximate surface area is 128 Å². The number of aliphatic hydroxyl groups is 1. The van der Waals surface area contributed by atoms with E-state index in [-0.39, 0.29) is 0 Å². The fraction of sp³-hybridized carbons (Fsp3) is 0.167. The quantitative estimate of drug-likeness (QED) is 0.726. The number of aryl methyl sites for hydroxylation is 1. The van der Waals surface area contributed by atoms with E-state index in [1.165, 1.54) is 10.5 Å². The van der Waals surface area contributed by atoms with Gasteiger partial charge in [0.25, 0.3) is 0 Å². The molecule has 3 heteroatoms. The molecule has 2 nitrogen and oxygen atoms in total. The number of rotatable bonds is 4. The monoisotopic (exact) mass is 295 g/mol. The highest BCUT2D eigenvalue weighted by Crippen LogP contribution is 2.26. The molecule has 3 rings (SSSR count). The number of aromatic nitrogens is 1. The van der Waals surface area contributed by atoms with Crippen molar-refractivity contribution in [2.75, 3.05) is 5.75 Å². The van der Waals surface area contributed by atoms with Crippen LogP contribution in [-0.2, 0) is 0 Å². The highest BCUT2D eigenvalue weighted by molar-refractivity contribution is 7.99. The van der Waals surface area contributed by atoms with Crippen molar-refractivity contribution < 1.29 is 5.11 Å². The zero-order valence-corrected chi connectivity index (χ0v) is 12.7. The molecule has 0 aliphatic heterocycles. The standard InChI is InChI=1S/C18H17NOS/c1-13-4-2-6-16(10-13)21-12-18(20)15-8-7-14-5-3-9-19-17(14)11-15/h2-11,18,20H,12H2,1H3. The van der Waals surface area contributed by atoms with Crippen LogP contribution < -0.4 is 0 Å². The molecule has 0 fully saturated rings. The molecule has 0 aliphatic rings. The molecule has 1 unspecified atom stereocenters. The lowest BCUT2D eigenvalue weighted by Crippen LogP contribution is -2.00. The fourth-order valence-corrected chi connectivity index (χ4v) is 3.25. The number of pyridine rings is 1. The molecule has 0 saturated carbocycles. The van der Waals surface area contributed by atoms with Crippen molar-refractivity contribution in [1.29, 1.82) is 0 Å². The summed E-state index contributed by atoms with van der Waals surface area (Å²) in [5.41, 5.74) is 3.08. The molecule has 0 aliphatic carbocycles. The SMILES string of the molecule is Cc1cccc(SCC(O)c2ccc3cccnc3c2)c1. The number of benzene rings is 2. The Balaban J connectivity index is 1.73. The highest BCUT2D eigenvalue weighted by Gasteiger charge is 2.09. The largest absolute Gasteiger partial charge is 0.388 e. The van der Waals surface area contributed by atoms with Gasteiger partial charge in [-0.15, -0.1) is 11.8 Å². The summed E-state index contributed by atoms with van der Waals surface area (Å²) in [6, 6.07) is 18.2. The molecule has 2 aromatic carbocycles. The zero-order chi connectivity index (χ0) is 14.7. The van der Waals surface area contributed by atoms with Crippen LogP contribution in [0.5, 0.6) is 0 Å². The van der Waals surface area contributed by atoms with Crippen LogP contribution >= 0.6 is 11.8 Å². The van der Waals surface area contributed by atoms with Crippen LogP contribution in [0.3, 0.4) is 0 Å². The van der Waals surface area contributed by atoms with E-state index in [0.29, 0.717) is 5.75 Å². The predicted octanol–water partition coefficient (Wildman–Crippen LogP) is 4.37. The van der Waals surface area contributed by atoms with E-state index in [1.807, 2.05) is 36.4 Å². The average Bonchev–Trinajstić information content (AvgIpc) is 2.52. The van der Waals surface area contributed by atoms with E-state index in [9.17, 15) is 5.11 Å². The molecule has 1 aromatic heterocycles. The van der Waals surface area contributed by atoms with Gasteiger partial charge in [-0.25, -0.2) is 0 Å². The molecule has 0 bridgehead atoms. The highest BCUT2D eigenvalue weighted by atomic mass is 32.2. The Bertz CT molecular complexity index is 757. The van der Waals surface area contributed by atoms with Crippen LogP contribution in [0.1, 0.15) is 17.2 Å². The number of hydrogen-bond acceptors (Lipinski definition) is 3. The lowest BCUT2D eigenvalue weighted by atomic mass is 10.1. The van der Waals surface area contributed by atoms with Crippen molar-refractivity contribution in [3.05, 3.63) is 71.9 Å². The first-order valence-corrected chi connectivity index (χ1v) is 7.93. The first-order valence-electron chi connectivity index (χ1n) is 6.94. The van der Waals surface area contributed by atoms with Crippen molar-refractivity contribution in [3.63, 3.8) is 0 Å². The van der Waals surface area contributed by atoms with Crippen LogP contribution in [0.25, 0.3) is 10.9 Å². The summed E-state index contributed by atoms with van der Waals surface area (Å²) in [4.78, 5) is 5.52. The van der Waals surface area contributed by atoms with Gasteiger partial charge < -0.3 is 5.11 Å². The number of thioether (sulfide) groups is 1. The van der Waals surface area contributed by atoms with Gasteiger partial charge in [0.2, 0.25) is 0 Å². The Morgan fingerprint density at radius 2 is 2.00 bits per heavy atom. The van der Waals surface area contributed by atoms with Gasteiger partial charge in [0.15, 0.2) is 0 Å². The van der Waals surface area contributed by atoms with E-state index in [2.05, 4.69) is 30.1 Å². The topological polar surface area (TPSA) is 33.1 Å². The van der Waals surface area contributed by atoms with E-state index >= 15 is 0 Å². The lowest BCUT2D eigenvalue weighted by molar-refractivity contribution is 0.204. The van der Waals surface area contributed by atoms with E-state index in [1.54, 1.807) is 18.0 Å². The van der Waals surface area contributed by atoms with Crippen LogP contribution in [0.4, 0.5) is 0 Å². The minimum atomic E-state index is -0.484. The molecule has 106 valence electrons. The summed E-state index contributed by atoms with van der Waals surface area (Å²) < 4.78 is 0. The molecular formula is C18H17NOS. The van der Waals surface area contributed by atoms with E-state index in [4.69, 9.17) is 0 Å². The molecule has 1 N–H and O–H groups in total. The molecule has 0 radical (unpaired) electrons. The van der Waals surface area contributed by atoms with Gasteiger partial charge in [-0.3, -0.25) is 4.98 Å². The maximum Gasteiger partial charge on any atom is 0.0884 e. The van der Waals surface area contributed by atoms with Gasteiger partial charge in [0.1, 0.15) is 0 Å². The summed E-state index contributed by atoms with van der Waals surface area (Å²) in [6.07, 6.45) is 1.29.